The molecule has 100 valence electrons. The number of aryl methyl sites for hydroxylation is 2. The highest BCUT2D eigenvalue weighted by Gasteiger charge is 2.21. The van der Waals surface area contributed by atoms with Gasteiger partial charge in [0, 0.05) is 31.0 Å². The first-order valence-corrected chi connectivity index (χ1v) is 7.57. The van der Waals surface area contributed by atoms with E-state index in [1.54, 1.807) is 23.3 Å². The number of halogens is 1. The van der Waals surface area contributed by atoms with Crippen LogP contribution in [0.5, 0.6) is 0 Å². The van der Waals surface area contributed by atoms with Crippen LogP contribution in [0.3, 0.4) is 0 Å². The van der Waals surface area contributed by atoms with Crippen molar-refractivity contribution in [2.24, 2.45) is 0 Å². The van der Waals surface area contributed by atoms with Gasteiger partial charge in [-0.2, -0.15) is 0 Å². The molecule has 0 bridgehead atoms. The highest BCUT2D eigenvalue weighted by Crippen LogP contribution is 2.31. The van der Waals surface area contributed by atoms with Crippen molar-refractivity contribution in [1.29, 1.82) is 0 Å². The molecule has 3 nitrogen and oxygen atoms in total. The molecule has 1 amide bonds. The zero-order valence-electron chi connectivity index (χ0n) is 10.6. The molecule has 0 unspecified atom stereocenters. The van der Waals surface area contributed by atoms with Gasteiger partial charge >= 0.3 is 0 Å². The average Bonchev–Trinajstić information content (AvgIpc) is 2.94. The van der Waals surface area contributed by atoms with Gasteiger partial charge in [-0.25, -0.2) is 0 Å². The van der Waals surface area contributed by atoms with Crippen molar-refractivity contribution in [3.05, 3.63) is 21.4 Å². The van der Waals surface area contributed by atoms with Gasteiger partial charge in [0.2, 0.25) is 0 Å². The normalized spacial score (nSPS) is 13.7. The number of rotatable bonds is 6. The van der Waals surface area contributed by atoms with Crippen molar-refractivity contribution in [3.63, 3.8) is 0 Å². The third-order valence-electron chi connectivity index (χ3n) is 3.16. The van der Waals surface area contributed by atoms with Gasteiger partial charge in [0.25, 0.3) is 5.91 Å². The van der Waals surface area contributed by atoms with E-state index in [-0.39, 0.29) is 5.91 Å². The van der Waals surface area contributed by atoms with Crippen molar-refractivity contribution in [2.75, 3.05) is 32.7 Å². The summed E-state index contributed by atoms with van der Waals surface area (Å²) in [4.78, 5) is 16.4. The molecular weight excluding hydrogens is 270 g/mol. The predicted molar refractivity (Wildman–Crippen MR) is 74.8 cm³/mol. The fourth-order valence-corrected chi connectivity index (χ4v) is 3.63. The molecule has 1 aliphatic carbocycles. The molecule has 0 atom stereocenters. The van der Waals surface area contributed by atoms with Gasteiger partial charge in [0.1, 0.15) is 0 Å². The Bertz CT molecular complexity index is 398. The summed E-state index contributed by atoms with van der Waals surface area (Å²) in [5, 5.41) is 0. The van der Waals surface area contributed by atoms with Crippen molar-refractivity contribution in [3.8, 4) is 0 Å². The Morgan fingerprint density at radius 1 is 1.50 bits per heavy atom. The number of fused-ring (bicyclic) bond motifs is 1. The maximum atomic E-state index is 12.4. The summed E-state index contributed by atoms with van der Waals surface area (Å²) in [7, 11) is 1.64. The van der Waals surface area contributed by atoms with Crippen molar-refractivity contribution in [2.45, 2.75) is 19.3 Å². The highest BCUT2D eigenvalue weighted by molar-refractivity contribution is 7.14. The number of methoxy groups -OCH3 is 1. The van der Waals surface area contributed by atoms with Crippen LogP contribution in [-0.4, -0.2) is 43.5 Å². The lowest BCUT2D eigenvalue weighted by Crippen LogP contribution is -2.35. The summed E-state index contributed by atoms with van der Waals surface area (Å²) >= 11 is 7.39. The summed E-state index contributed by atoms with van der Waals surface area (Å²) in [6.07, 6.45) is 3.47. The van der Waals surface area contributed by atoms with E-state index in [0.717, 1.165) is 17.7 Å². The topological polar surface area (TPSA) is 29.5 Å². The van der Waals surface area contributed by atoms with Crippen LogP contribution in [0.2, 0.25) is 0 Å². The monoisotopic (exact) mass is 287 g/mol. The standard InChI is InChI=1S/C13H18ClNO2S/c1-17-8-7-15(6-5-14)13(16)12-9-10-3-2-4-11(10)18-12/h9H,2-8H2,1H3. The largest absolute Gasteiger partial charge is 0.383 e. The van der Waals surface area contributed by atoms with E-state index < -0.39 is 0 Å². The Morgan fingerprint density at radius 2 is 2.33 bits per heavy atom. The molecule has 0 saturated heterocycles. The number of thiophene rings is 1. The van der Waals surface area contributed by atoms with Gasteiger partial charge in [-0.3, -0.25) is 4.79 Å². The molecule has 0 radical (unpaired) electrons. The van der Waals surface area contributed by atoms with Crippen LogP contribution in [0.25, 0.3) is 0 Å². The molecule has 0 spiro atoms. The highest BCUT2D eigenvalue weighted by atomic mass is 35.5. The van der Waals surface area contributed by atoms with Gasteiger partial charge in [-0.15, -0.1) is 22.9 Å². The maximum Gasteiger partial charge on any atom is 0.264 e. The van der Waals surface area contributed by atoms with Crippen LogP contribution in [0.4, 0.5) is 0 Å². The van der Waals surface area contributed by atoms with E-state index in [1.165, 1.54) is 16.9 Å². The molecule has 2 rings (SSSR count). The van der Waals surface area contributed by atoms with Crippen LogP contribution in [0.1, 0.15) is 26.5 Å². The molecular formula is C13H18ClNO2S. The molecule has 0 saturated carbocycles. The first-order valence-electron chi connectivity index (χ1n) is 6.22. The van der Waals surface area contributed by atoms with Crippen LogP contribution in [-0.2, 0) is 17.6 Å². The second-order valence-corrected chi connectivity index (χ2v) is 5.90. The molecule has 0 N–H and O–H groups in total. The summed E-state index contributed by atoms with van der Waals surface area (Å²) in [6.45, 7) is 1.73. The van der Waals surface area contributed by atoms with Crippen LogP contribution < -0.4 is 0 Å². The number of carbonyl (C=O) groups is 1. The molecule has 0 aliphatic heterocycles. The molecule has 1 aromatic rings. The third-order valence-corrected chi connectivity index (χ3v) is 4.56. The fourth-order valence-electron chi connectivity index (χ4n) is 2.21. The SMILES string of the molecule is COCCN(CCCl)C(=O)c1cc2c(s1)CCC2. The lowest BCUT2D eigenvalue weighted by atomic mass is 10.2. The third kappa shape index (κ3) is 3.05. The number of ether oxygens (including phenoxy) is 1. The Balaban J connectivity index is 2.06. The molecule has 1 aromatic heterocycles. The van der Waals surface area contributed by atoms with Gasteiger partial charge in [0.15, 0.2) is 0 Å². The van der Waals surface area contributed by atoms with Crippen LogP contribution in [0.15, 0.2) is 6.07 Å². The van der Waals surface area contributed by atoms with Crippen LogP contribution in [0, 0.1) is 0 Å². The van der Waals surface area contributed by atoms with E-state index in [9.17, 15) is 4.79 Å². The number of amides is 1. The summed E-state index contributed by atoms with van der Waals surface area (Å²) in [5.41, 5.74) is 1.36. The number of hydrogen-bond acceptors (Lipinski definition) is 3. The second-order valence-electron chi connectivity index (χ2n) is 4.39. The number of carbonyl (C=O) groups excluding carboxylic acids is 1. The lowest BCUT2D eigenvalue weighted by Gasteiger charge is -2.20. The Labute approximate surface area is 117 Å². The molecule has 18 heavy (non-hydrogen) atoms. The zero-order valence-corrected chi connectivity index (χ0v) is 12.1. The molecule has 0 aromatic carbocycles. The molecule has 0 fully saturated rings. The fraction of sp³-hybridized carbons (Fsp3) is 0.615. The minimum absolute atomic E-state index is 0.0899. The Hall–Kier alpha value is -0.580. The van der Waals surface area contributed by atoms with E-state index in [4.69, 9.17) is 16.3 Å². The minimum atomic E-state index is 0.0899. The Kier molecular flexibility index (Phi) is 5.03. The van der Waals surface area contributed by atoms with Crippen molar-refractivity contribution < 1.29 is 9.53 Å². The number of hydrogen-bond donors (Lipinski definition) is 0. The zero-order chi connectivity index (χ0) is 13.0. The predicted octanol–water partition coefficient (Wildman–Crippen LogP) is 2.56. The van der Waals surface area contributed by atoms with Gasteiger partial charge in [-0.05, 0) is 30.9 Å². The van der Waals surface area contributed by atoms with Gasteiger partial charge in [-0.1, -0.05) is 0 Å². The number of nitrogens with zero attached hydrogens (tertiary/aromatic N) is 1. The molecule has 1 heterocycles. The smallest absolute Gasteiger partial charge is 0.264 e. The average molecular weight is 288 g/mol. The molecule has 5 heteroatoms. The molecule has 1 aliphatic rings. The first-order chi connectivity index (χ1) is 8.76. The summed E-state index contributed by atoms with van der Waals surface area (Å²) in [5.74, 6) is 0.549. The summed E-state index contributed by atoms with van der Waals surface area (Å²) < 4.78 is 5.03. The van der Waals surface area contributed by atoms with E-state index >= 15 is 0 Å². The van der Waals surface area contributed by atoms with E-state index in [0.29, 0.717) is 25.6 Å². The van der Waals surface area contributed by atoms with Gasteiger partial charge in [0.05, 0.1) is 11.5 Å². The lowest BCUT2D eigenvalue weighted by molar-refractivity contribution is 0.0712. The quantitative estimate of drug-likeness (QED) is 0.753. The summed E-state index contributed by atoms with van der Waals surface area (Å²) in [6, 6.07) is 2.06. The van der Waals surface area contributed by atoms with Crippen molar-refractivity contribution in [1.82, 2.24) is 4.90 Å². The minimum Gasteiger partial charge on any atom is -0.383 e. The number of alkyl halides is 1. The van der Waals surface area contributed by atoms with Crippen molar-refractivity contribution >= 4 is 28.8 Å². The van der Waals surface area contributed by atoms with E-state index in [1.807, 2.05) is 0 Å². The Morgan fingerprint density at radius 3 is 3.00 bits per heavy atom. The first kappa shape index (κ1) is 13.8. The maximum absolute atomic E-state index is 12.4. The van der Waals surface area contributed by atoms with Gasteiger partial charge < -0.3 is 9.64 Å². The van der Waals surface area contributed by atoms with E-state index in [2.05, 4.69) is 6.07 Å². The second kappa shape index (κ2) is 6.55. The van der Waals surface area contributed by atoms with Crippen LogP contribution >= 0.6 is 22.9 Å².